The first-order valence-electron chi connectivity index (χ1n) is 7.32. The largest absolute Gasteiger partial charge is 0.315 e. The van der Waals surface area contributed by atoms with Crippen LogP contribution in [0.5, 0.6) is 0 Å². The minimum atomic E-state index is -0.0400. The molecule has 22 heavy (non-hydrogen) atoms. The third kappa shape index (κ3) is 3.83. The Bertz CT molecular complexity index is 686. The van der Waals surface area contributed by atoms with Crippen LogP contribution in [0.3, 0.4) is 0 Å². The van der Waals surface area contributed by atoms with E-state index in [1.807, 2.05) is 51.1 Å². The van der Waals surface area contributed by atoms with Crippen LogP contribution in [0.25, 0.3) is 0 Å². The van der Waals surface area contributed by atoms with Gasteiger partial charge in [-0.05, 0) is 39.0 Å². The van der Waals surface area contributed by atoms with Gasteiger partial charge in [0.05, 0.1) is 0 Å². The molecule has 1 aromatic carbocycles. The minimum Gasteiger partial charge on any atom is -0.315 e. The van der Waals surface area contributed by atoms with E-state index in [-0.39, 0.29) is 24.5 Å². The lowest BCUT2D eigenvalue weighted by molar-refractivity contribution is -0.118. The maximum absolute atomic E-state index is 12.2. The highest BCUT2D eigenvalue weighted by Gasteiger charge is 2.16. The molecule has 0 saturated heterocycles. The molecule has 0 bridgehead atoms. The number of amides is 1. The maximum Gasteiger partial charge on any atom is 0.227 e. The highest BCUT2D eigenvalue weighted by atomic mass is 32.1. The summed E-state index contributed by atoms with van der Waals surface area (Å²) in [4.78, 5) is 28.2. The van der Waals surface area contributed by atoms with Crippen molar-refractivity contribution in [1.82, 2.24) is 0 Å². The van der Waals surface area contributed by atoms with Crippen LogP contribution < -0.4 is 4.90 Å². The number of nitrogens with zero attached hydrogens (tertiary/aromatic N) is 1. The predicted molar refractivity (Wildman–Crippen MR) is 91.9 cm³/mol. The molecule has 0 aliphatic heterocycles. The number of ketones is 1. The number of Topliss-reactive ketones (excluding diaryl/α,β-unsaturated/α-hetero) is 1. The molecule has 1 heterocycles. The van der Waals surface area contributed by atoms with Crippen LogP contribution in [-0.4, -0.2) is 18.7 Å². The van der Waals surface area contributed by atoms with Crippen molar-refractivity contribution in [3.63, 3.8) is 0 Å². The topological polar surface area (TPSA) is 37.4 Å². The Morgan fingerprint density at radius 2 is 1.68 bits per heavy atom. The van der Waals surface area contributed by atoms with E-state index in [0.717, 1.165) is 26.6 Å². The molecule has 3 nitrogen and oxygen atoms in total. The molecule has 0 saturated carbocycles. The zero-order chi connectivity index (χ0) is 16.3. The fourth-order valence-electron chi connectivity index (χ4n) is 2.34. The summed E-state index contributed by atoms with van der Waals surface area (Å²) in [5.74, 6) is 0.00862. The fraction of sp³-hybridized carbons (Fsp3) is 0.333. The maximum atomic E-state index is 12.2. The molecule has 0 spiro atoms. The Morgan fingerprint density at radius 3 is 2.23 bits per heavy atom. The first-order chi connectivity index (χ1) is 10.4. The van der Waals surface area contributed by atoms with Crippen molar-refractivity contribution >= 4 is 28.7 Å². The normalized spacial score (nSPS) is 10.5. The quantitative estimate of drug-likeness (QED) is 0.771. The lowest BCUT2D eigenvalue weighted by Crippen LogP contribution is -2.26. The van der Waals surface area contributed by atoms with Gasteiger partial charge >= 0.3 is 0 Å². The lowest BCUT2D eigenvalue weighted by Gasteiger charge is -2.17. The Balaban J connectivity index is 1.96. The van der Waals surface area contributed by atoms with E-state index in [1.54, 1.807) is 23.3 Å². The monoisotopic (exact) mass is 315 g/mol. The van der Waals surface area contributed by atoms with E-state index in [1.165, 1.54) is 0 Å². The third-order valence-electron chi connectivity index (χ3n) is 3.70. The molecule has 0 aliphatic carbocycles. The van der Waals surface area contributed by atoms with Crippen molar-refractivity contribution in [3.05, 3.63) is 51.2 Å². The Morgan fingerprint density at radius 1 is 1.05 bits per heavy atom. The first-order valence-corrected chi connectivity index (χ1v) is 8.13. The Hall–Kier alpha value is -1.94. The second-order valence-electron chi connectivity index (χ2n) is 5.54. The molecule has 0 aliphatic rings. The molecule has 2 rings (SSSR count). The van der Waals surface area contributed by atoms with E-state index < -0.39 is 0 Å². The van der Waals surface area contributed by atoms with Gasteiger partial charge in [-0.25, -0.2) is 0 Å². The summed E-state index contributed by atoms with van der Waals surface area (Å²) >= 11 is 1.62. The van der Waals surface area contributed by atoms with Crippen molar-refractivity contribution < 1.29 is 9.59 Å². The summed E-state index contributed by atoms with van der Waals surface area (Å²) in [7, 11) is 1.75. The standard InChI is InChI=1S/C18H21NO2S/c1-12-5-7-15(8-6-12)19(4)18(21)10-9-17(20)16-11-13(2)22-14(16)3/h5-8,11H,9-10H2,1-4H3. The smallest absolute Gasteiger partial charge is 0.227 e. The Labute approximate surface area is 135 Å². The van der Waals surface area contributed by atoms with Crippen LogP contribution in [-0.2, 0) is 4.79 Å². The first kappa shape index (κ1) is 16.4. The van der Waals surface area contributed by atoms with Crippen LogP contribution in [0.4, 0.5) is 5.69 Å². The summed E-state index contributed by atoms with van der Waals surface area (Å²) < 4.78 is 0. The molecule has 1 amide bonds. The van der Waals surface area contributed by atoms with Crippen molar-refractivity contribution in [2.75, 3.05) is 11.9 Å². The van der Waals surface area contributed by atoms with E-state index in [9.17, 15) is 9.59 Å². The van der Waals surface area contributed by atoms with E-state index in [2.05, 4.69) is 0 Å². The lowest BCUT2D eigenvalue weighted by atomic mass is 10.1. The molecule has 0 atom stereocenters. The molecule has 1 aromatic heterocycles. The van der Waals surface area contributed by atoms with Crippen molar-refractivity contribution in [2.24, 2.45) is 0 Å². The van der Waals surface area contributed by atoms with E-state index in [0.29, 0.717) is 0 Å². The van der Waals surface area contributed by atoms with Crippen LogP contribution in [0, 0.1) is 20.8 Å². The number of aryl methyl sites for hydroxylation is 3. The molecule has 4 heteroatoms. The van der Waals surface area contributed by atoms with Gasteiger partial charge in [0.25, 0.3) is 0 Å². The second kappa shape index (κ2) is 6.88. The number of anilines is 1. The fourth-order valence-corrected chi connectivity index (χ4v) is 3.29. The molecule has 0 radical (unpaired) electrons. The van der Waals surface area contributed by atoms with E-state index in [4.69, 9.17) is 0 Å². The number of benzene rings is 1. The van der Waals surface area contributed by atoms with Gasteiger partial charge in [0.2, 0.25) is 5.91 Å². The van der Waals surface area contributed by atoms with E-state index >= 15 is 0 Å². The van der Waals surface area contributed by atoms with Gasteiger partial charge in [0.1, 0.15) is 0 Å². The molecule has 0 N–H and O–H groups in total. The summed E-state index contributed by atoms with van der Waals surface area (Å²) in [6.45, 7) is 5.95. The molecule has 0 fully saturated rings. The molecular formula is C18H21NO2S. The summed E-state index contributed by atoms with van der Waals surface area (Å²) in [5, 5.41) is 0. The third-order valence-corrected chi connectivity index (χ3v) is 4.67. The Kier molecular flexibility index (Phi) is 5.14. The SMILES string of the molecule is Cc1ccc(N(C)C(=O)CCC(=O)c2cc(C)sc2C)cc1. The predicted octanol–water partition coefficient (Wildman–Crippen LogP) is 4.30. The number of carbonyl (C=O) groups is 2. The molecule has 116 valence electrons. The molecule has 0 unspecified atom stereocenters. The van der Waals surface area contributed by atoms with Crippen molar-refractivity contribution in [3.8, 4) is 0 Å². The van der Waals surface area contributed by atoms with Crippen LogP contribution >= 0.6 is 11.3 Å². The zero-order valence-corrected chi connectivity index (χ0v) is 14.3. The second-order valence-corrected chi connectivity index (χ2v) is 7.00. The van der Waals surface area contributed by atoms with Gasteiger partial charge in [-0.3, -0.25) is 9.59 Å². The van der Waals surface area contributed by atoms with Gasteiger partial charge in [-0.1, -0.05) is 17.7 Å². The molecule has 2 aromatic rings. The van der Waals surface area contributed by atoms with Crippen LogP contribution in [0.1, 0.15) is 38.5 Å². The number of thiophene rings is 1. The van der Waals surface area contributed by atoms with Crippen LogP contribution in [0.15, 0.2) is 30.3 Å². The minimum absolute atomic E-state index is 0.0400. The van der Waals surface area contributed by atoms with Crippen molar-refractivity contribution in [1.29, 1.82) is 0 Å². The van der Waals surface area contributed by atoms with Gasteiger partial charge in [-0.15, -0.1) is 11.3 Å². The summed E-state index contributed by atoms with van der Waals surface area (Å²) in [6.07, 6.45) is 0.490. The van der Waals surface area contributed by atoms with Gasteiger partial charge < -0.3 is 4.90 Å². The van der Waals surface area contributed by atoms with Gasteiger partial charge in [-0.2, -0.15) is 0 Å². The highest BCUT2D eigenvalue weighted by molar-refractivity contribution is 7.12. The summed E-state index contributed by atoms with van der Waals surface area (Å²) in [6, 6.07) is 9.70. The highest BCUT2D eigenvalue weighted by Crippen LogP contribution is 2.22. The molecular weight excluding hydrogens is 294 g/mol. The number of carbonyl (C=O) groups excluding carboxylic acids is 2. The summed E-state index contributed by atoms with van der Waals surface area (Å²) in [5.41, 5.74) is 2.77. The van der Waals surface area contributed by atoms with Gasteiger partial charge in [0.15, 0.2) is 5.78 Å². The van der Waals surface area contributed by atoms with Crippen molar-refractivity contribution in [2.45, 2.75) is 33.6 Å². The van der Waals surface area contributed by atoms with Crippen LogP contribution in [0.2, 0.25) is 0 Å². The number of hydrogen-bond acceptors (Lipinski definition) is 3. The number of rotatable bonds is 5. The average Bonchev–Trinajstić information content (AvgIpc) is 2.83. The zero-order valence-electron chi connectivity index (χ0n) is 13.5. The number of hydrogen-bond donors (Lipinski definition) is 0. The average molecular weight is 315 g/mol. The van der Waals surface area contributed by atoms with Gasteiger partial charge in [0, 0.05) is 40.9 Å².